The molecule has 0 spiro atoms. The molecule has 0 bridgehead atoms. The average molecular weight is 267 g/mol. The van der Waals surface area contributed by atoms with E-state index in [1.807, 2.05) is 30.3 Å². The Morgan fingerprint density at radius 2 is 1.84 bits per heavy atom. The zero-order valence-electron chi connectivity index (χ0n) is 10.3. The van der Waals surface area contributed by atoms with E-state index in [4.69, 9.17) is 0 Å². The molecular weight excluding hydrogens is 254 g/mol. The van der Waals surface area contributed by atoms with Gasteiger partial charge < -0.3 is 4.57 Å². The van der Waals surface area contributed by atoms with Crippen LogP contribution in [0.1, 0.15) is 11.6 Å². The number of nitrogens with zero attached hydrogens (tertiary/aromatic N) is 1. The van der Waals surface area contributed by atoms with Gasteiger partial charge in [0.25, 0.3) is 0 Å². The average Bonchev–Trinajstić information content (AvgIpc) is 2.89. The Labute approximate surface area is 114 Å². The summed E-state index contributed by atoms with van der Waals surface area (Å²) in [7, 11) is -0.918. The molecule has 2 heterocycles. The summed E-state index contributed by atoms with van der Waals surface area (Å²) in [5.41, 5.74) is 2.35. The number of hydrogen-bond acceptors (Lipinski definition) is 1. The van der Waals surface area contributed by atoms with E-state index in [0.29, 0.717) is 5.75 Å². The summed E-state index contributed by atoms with van der Waals surface area (Å²) >= 11 is 0. The van der Waals surface area contributed by atoms with Gasteiger partial charge in [-0.25, -0.2) is 0 Å². The van der Waals surface area contributed by atoms with Gasteiger partial charge in [-0.2, -0.15) is 0 Å². The largest absolute Gasteiger partial charge is 0.338 e. The number of benzene rings is 2. The molecule has 0 fully saturated rings. The molecule has 0 saturated heterocycles. The fourth-order valence-electron chi connectivity index (χ4n) is 2.87. The van der Waals surface area contributed by atoms with Crippen LogP contribution in [0.2, 0.25) is 0 Å². The summed E-state index contributed by atoms with van der Waals surface area (Å²) < 4.78 is 14.7. The first-order valence-corrected chi connectivity index (χ1v) is 7.69. The van der Waals surface area contributed by atoms with Crippen LogP contribution < -0.4 is 0 Å². The van der Waals surface area contributed by atoms with E-state index in [0.717, 1.165) is 10.4 Å². The lowest BCUT2D eigenvalue weighted by Gasteiger charge is -2.25. The maximum atomic E-state index is 12.5. The second-order valence-electron chi connectivity index (χ2n) is 4.86. The minimum absolute atomic E-state index is 0.175. The first-order chi connectivity index (χ1) is 9.34. The molecule has 2 nitrogen and oxygen atoms in total. The van der Waals surface area contributed by atoms with Crippen molar-refractivity contribution < 1.29 is 4.21 Å². The molecule has 1 aliphatic rings. The molecule has 2 unspecified atom stereocenters. The van der Waals surface area contributed by atoms with Crippen molar-refractivity contribution in [1.29, 1.82) is 0 Å². The Kier molecular flexibility index (Phi) is 2.35. The van der Waals surface area contributed by atoms with Crippen molar-refractivity contribution in [2.24, 2.45) is 0 Å². The fraction of sp³-hybridized carbons (Fsp3) is 0.125. The third kappa shape index (κ3) is 1.58. The van der Waals surface area contributed by atoms with E-state index in [-0.39, 0.29) is 6.04 Å². The van der Waals surface area contributed by atoms with Crippen molar-refractivity contribution in [1.82, 2.24) is 4.57 Å². The van der Waals surface area contributed by atoms with Crippen LogP contribution >= 0.6 is 0 Å². The normalized spacial score (nSPS) is 21.7. The highest BCUT2D eigenvalue weighted by Gasteiger charge is 2.26. The van der Waals surface area contributed by atoms with Crippen LogP contribution in [0.5, 0.6) is 0 Å². The topological polar surface area (TPSA) is 22.0 Å². The molecule has 0 aliphatic carbocycles. The maximum Gasteiger partial charge on any atom is 0.0705 e. The molecule has 3 heteroatoms. The minimum Gasteiger partial charge on any atom is -0.338 e. The first-order valence-electron chi connectivity index (χ1n) is 6.37. The van der Waals surface area contributed by atoms with Crippen LogP contribution in [0.4, 0.5) is 0 Å². The Bertz CT molecular complexity index is 776. The predicted octanol–water partition coefficient (Wildman–Crippen LogP) is 3.35. The standard InChI is InChI=1S/C16H13NOS/c18-19-11-14(12-5-2-1-3-6-12)17-10-9-13-7-4-8-15(19)16(13)17/h1-10,14H,11H2. The monoisotopic (exact) mass is 267 g/mol. The quantitative estimate of drug-likeness (QED) is 0.662. The van der Waals surface area contributed by atoms with Crippen LogP contribution in [0.25, 0.3) is 10.9 Å². The highest BCUT2D eigenvalue weighted by Crippen LogP contribution is 2.34. The van der Waals surface area contributed by atoms with Crippen molar-refractivity contribution >= 4 is 21.7 Å². The SMILES string of the molecule is O=S1CC(c2ccccc2)n2ccc3cccc1c32. The lowest BCUT2D eigenvalue weighted by atomic mass is 10.1. The molecule has 0 radical (unpaired) electrons. The molecule has 2 aromatic carbocycles. The van der Waals surface area contributed by atoms with Gasteiger partial charge in [0.2, 0.25) is 0 Å². The van der Waals surface area contributed by atoms with Crippen molar-refractivity contribution in [3.8, 4) is 0 Å². The lowest BCUT2D eigenvalue weighted by Crippen LogP contribution is -2.22. The zero-order chi connectivity index (χ0) is 12.8. The molecule has 19 heavy (non-hydrogen) atoms. The minimum atomic E-state index is -0.918. The predicted molar refractivity (Wildman–Crippen MR) is 77.8 cm³/mol. The molecule has 0 amide bonds. The maximum absolute atomic E-state index is 12.5. The molecule has 94 valence electrons. The van der Waals surface area contributed by atoms with Crippen LogP contribution in [-0.4, -0.2) is 14.5 Å². The van der Waals surface area contributed by atoms with E-state index >= 15 is 0 Å². The van der Waals surface area contributed by atoms with Gasteiger partial charge in [0.05, 0.1) is 33.0 Å². The molecule has 1 aromatic heterocycles. The van der Waals surface area contributed by atoms with Crippen molar-refractivity contribution in [3.63, 3.8) is 0 Å². The Balaban J connectivity index is 2.00. The van der Waals surface area contributed by atoms with Gasteiger partial charge in [0.15, 0.2) is 0 Å². The van der Waals surface area contributed by atoms with Gasteiger partial charge in [0.1, 0.15) is 0 Å². The number of aromatic nitrogens is 1. The van der Waals surface area contributed by atoms with Crippen molar-refractivity contribution in [3.05, 3.63) is 66.4 Å². The third-order valence-electron chi connectivity index (χ3n) is 3.78. The van der Waals surface area contributed by atoms with E-state index in [1.54, 1.807) is 0 Å². The number of rotatable bonds is 1. The van der Waals surface area contributed by atoms with Crippen LogP contribution in [-0.2, 0) is 10.8 Å². The fourth-order valence-corrected chi connectivity index (χ4v) is 4.36. The van der Waals surface area contributed by atoms with Gasteiger partial charge in [-0.3, -0.25) is 4.21 Å². The van der Waals surface area contributed by atoms with Gasteiger partial charge in [0, 0.05) is 11.6 Å². The Morgan fingerprint density at radius 1 is 1.00 bits per heavy atom. The van der Waals surface area contributed by atoms with Crippen LogP contribution in [0, 0.1) is 0 Å². The summed E-state index contributed by atoms with van der Waals surface area (Å²) in [5, 5.41) is 1.17. The highest BCUT2D eigenvalue weighted by atomic mass is 32.2. The summed E-state index contributed by atoms with van der Waals surface area (Å²) in [6.45, 7) is 0. The molecule has 0 saturated carbocycles. The van der Waals surface area contributed by atoms with E-state index < -0.39 is 10.8 Å². The summed E-state index contributed by atoms with van der Waals surface area (Å²) in [4.78, 5) is 0.967. The molecular formula is C16H13NOS. The zero-order valence-corrected chi connectivity index (χ0v) is 11.1. The summed E-state index contributed by atoms with van der Waals surface area (Å²) in [6, 6.07) is 18.7. The van der Waals surface area contributed by atoms with Gasteiger partial charge in [-0.15, -0.1) is 0 Å². The van der Waals surface area contributed by atoms with E-state index in [9.17, 15) is 4.21 Å². The second-order valence-corrected chi connectivity index (χ2v) is 6.32. The molecule has 1 aliphatic heterocycles. The third-order valence-corrected chi connectivity index (χ3v) is 5.22. The Hall–Kier alpha value is -1.87. The van der Waals surface area contributed by atoms with Gasteiger partial charge in [-0.05, 0) is 17.7 Å². The van der Waals surface area contributed by atoms with Crippen LogP contribution in [0.3, 0.4) is 0 Å². The summed E-state index contributed by atoms with van der Waals surface area (Å²) in [5.74, 6) is 0.658. The van der Waals surface area contributed by atoms with Gasteiger partial charge >= 0.3 is 0 Å². The number of para-hydroxylation sites is 1. The molecule has 3 aromatic rings. The van der Waals surface area contributed by atoms with Crippen molar-refractivity contribution in [2.75, 3.05) is 5.75 Å². The number of hydrogen-bond donors (Lipinski definition) is 0. The Morgan fingerprint density at radius 3 is 2.68 bits per heavy atom. The van der Waals surface area contributed by atoms with Crippen LogP contribution in [0.15, 0.2) is 65.7 Å². The smallest absolute Gasteiger partial charge is 0.0705 e. The molecule has 4 rings (SSSR count). The molecule has 2 atom stereocenters. The van der Waals surface area contributed by atoms with E-state index in [1.165, 1.54) is 10.9 Å². The van der Waals surface area contributed by atoms with E-state index in [2.05, 4.69) is 35.0 Å². The lowest BCUT2D eigenvalue weighted by molar-refractivity contribution is 0.629. The highest BCUT2D eigenvalue weighted by molar-refractivity contribution is 7.85. The molecule has 0 N–H and O–H groups in total. The summed E-state index contributed by atoms with van der Waals surface area (Å²) in [6.07, 6.45) is 2.11. The van der Waals surface area contributed by atoms with Crippen molar-refractivity contribution in [2.45, 2.75) is 10.9 Å². The second kappa shape index (κ2) is 4.07. The first kappa shape index (κ1) is 11.0. The van der Waals surface area contributed by atoms with Gasteiger partial charge in [-0.1, -0.05) is 42.5 Å².